The van der Waals surface area contributed by atoms with Crippen LogP contribution in [0.4, 0.5) is 0 Å². The molecule has 84 valence electrons. The van der Waals surface area contributed by atoms with Gasteiger partial charge in [-0.1, -0.05) is 6.08 Å². The molecule has 3 aliphatic heterocycles. The number of aliphatic imine (C=N–C) groups is 2. The molecule has 2 N–H and O–H groups in total. The molecule has 0 atom stereocenters. The molecule has 0 unspecified atom stereocenters. The van der Waals surface area contributed by atoms with E-state index in [4.69, 9.17) is 12.6 Å². The normalized spacial score (nSPS) is 26.4. The minimum absolute atomic E-state index is 0.139. The summed E-state index contributed by atoms with van der Waals surface area (Å²) in [4.78, 5) is 10.2. The SMILES string of the molecule is [S-]C1=CC2(C=C3N=CN=CN13)CC[NH2+]CC2. The van der Waals surface area contributed by atoms with Crippen LogP contribution in [0.25, 0.3) is 0 Å². The Morgan fingerprint density at radius 3 is 2.94 bits per heavy atom. The van der Waals surface area contributed by atoms with Crippen LogP contribution in [0.1, 0.15) is 12.8 Å². The Hall–Kier alpha value is -1.20. The zero-order valence-corrected chi connectivity index (χ0v) is 9.78. The van der Waals surface area contributed by atoms with Crippen LogP contribution in [-0.2, 0) is 12.6 Å². The van der Waals surface area contributed by atoms with Gasteiger partial charge >= 0.3 is 0 Å². The fourth-order valence-electron chi connectivity index (χ4n) is 2.50. The number of allylic oxidation sites excluding steroid dienone is 2. The molecule has 3 heterocycles. The monoisotopic (exact) mass is 234 g/mol. The van der Waals surface area contributed by atoms with E-state index in [-0.39, 0.29) is 5.41 Å². The second kappa shape index (κ2) is 3.68. The highest BCUT2D eigenvalue weighted by Gasteiger charge is 2.33. The summed E-state index contributed by atoms with van der Waals surface area (Å²) in [6.07, 6.45) is 10.1. The van der Waals surface area contributed by atoms with E-state index in [1.54, 1.807) is 12.7 Å². The van der Waals surface area contributed by atoms with Crippen LogP contribution < -0.4 is 5.32 Å². The van der Waals surface area contributed by atoms with Crippen molar-refractivity contribution in [2.75, 3.05) is 13.1 Å². The Morgan fingerprint density at radius 1 is 1.31 bits per heavy atom. The average Bonchev–Trinajstić information content (AvgIpc) is 2.30. The van der Waals surface area contributed by atoms with E-state index in [0.717, 1.165) is 23.7 Å². The van der Waals surface area contributed by atoms with Gasteiger partial charge in [-0.2, -0.15) is 0 Å². The lowest BCUT2D eigenvalue weighted by Crippen LogP contribution is -2.87. The first-order chi connectivity index (χ1) is 7.79. The van der Waals surface area contributed by atoms with E-state index >= 15 is 0 Å². The maximum Gasteiger partial charge on any atom is 0.135 e. The molecule has 0 aliphatic carbocycles. The Bertz CT molecular complexity index is 416. The maximum atomic E-state index is 5.41. The molecule has 0 aromatic heterocycles. The van der Waals surface area contributed by atoms with Crippen LogP contribution >= 0.6 is 0 Å². The van der Waals surface area contributed by atoms with Crippen molar-refractivity contribution >= 4 is 25.3 Å². The van der Waals surface area contributed by atoms with Gasteiger partial charge in [0.25, 0.3) is 0 Å². The quantitative estimate of drug-likeness (QED) is 0.597. The van der Waals surface area contributed by atoms with Gasteiger partial charge < -0.3 is 22.8 Å². The van der Waals surface area contributed by atoms with Crippen LogP contribution in [0.3, 0.4) is 0 Å². The fraction of sp³-hybridized carbons (Fsp3) is 0.455. The molecule has 0 saturated carbocycles. The van der Waals surface area contributed by atoms with Crippen molar-refractivity contribution in [1.29, 1.82) is 0 Å². The molecule has 1 spiro atoms. The first kappa shape index (κ1) is 9.99. The summed E-state index contributed by atoms with van der Waals surface area (Å²) in [6, 6.07) is 0. The zero-order valence-electron chi connectivity index (χ0n) is 8.97. The van der Waals surface area contributed by atoms with Crippen molar-refractivity contribution in [3.8, 4) is 0 Å². The Labute approximate surface area is 100 Å². The highest BCUT2D eigenvalue weighted by molar-refractivity contribution is 7.63. The summed E-state index contributed by atoms with van der Waals surface area (Å²) < 4.78 is 0. The molecule has 0 bridgehead atoms. The summed E-state index contributed by atoms with van der Waals surface area (Å²) in [5.41, 5.74) is 0.139. The largest absolute Gasteiger partial charge is 0.762 e. The highest BCUT2D eigenvalue weighted by Crippen LogP contribution is 2.38. The predicted octanol–water partition coefficient (Wildman–Crippen LogP) is -0.0545. The van der Waals surface area contributed by atoms with E-state index in [1.165, 1.54) is 13.1 Å². The van der Waals surface area contributed by atoms with Crippen LogP contribution in [0, 0.1) is 5.41 Å². The third-order valence-electron chi connectivity index (χ3n) is 3.38. The first-order valence-electron chi connectivity index (χ1n) is 5.59. The van der Waals surface area contributed by atoms with Gasteiger partial charge in [0.2, 0.25) is 0 Å². The predicted molar refractivity (Wildman–Crippen MR) is 65.7 cm³/mol. The van der Waals surface area contributed by atoms with Crippen LogP contribution in [-0.4, -0.2) is 30.7 Å². The lowest BCUT2D eigenvalue weighted by Gasteiger charge is -2.41. The number of fused-ring (bicyclic) bond motifs is 1. The third-order valence-corrected chi connectivity index (χ3v) is 3.69. The second-order valence-corrected chi connectivity index (χ2v) is 4.88. The molecule has 0 aromatic rings. The summed E-state index contributed by atoms with van der Waals surface area (Å²) in [7, 11) is 0. The molecule has 4 nitrogen and oxygen atoms in total. The van der Waals surface area contributed by atoms with Gasteiger partial charge in [0.05, 0.1) is 13.1 Å². The Morgan fingerprint density at radius 2 is 2.12 bits per heavy atom. The maximum absolute atomic E-state index is 5.41. The molecular weight excluding hydrogens is 220 g/mol. The van der Waals surface area contributed by atoms with E-state index in [2.05, 4.69) is 27.5 Å². The van der Waals surface area contributed by atoms with E-state index in [0.29, 0.717) is 0 Å². The lowest BCUT2D eigenvalue weighted by atomic mass is 9.77. The van der Waals surface area contributed by atoms with Crippen molar-refractivity contribution in [3.63, 3.8) is 0 Å². The van der Waals surface area contributed by atoms with Crippen molar-refractivity contribution in [2.24, 2.45) is 15.4 Å². The van der Waals surface area contributed by atoms with Gasteiger partial charge in [-0.3, -0.25) is 0 Å². The molecule has 3 rings (SSSR count). The summed E-state index contributed by atoms with van der Waals surface area (Å²) in [5, 5.41) is 3.19. The Balaban J connectivity index is 1.98. The van der Waals surface area contributed by atoms with Crippen molar-refractivity contribution in [1.82, 2.24) is 4.90 Å². The molecule has 5 heteroatoms. The van der Waals surface area contributed by atoms with Crippen molar-refractivity contribution in [2.45, 2.75) is 12.8 Å². The number of hydrogen-bond donors (Lipinski definition) is 1. The number of rotatable bonds is 0. The number of hydrogen-bond acceptors (Lipinski definition) is 4. The van der Waals surface area contributed by atoms with Gasteiger partial charge in [0, 0.05) is 18.3 Å². The van der Waals surface area contributed by atoms with E-state index in [9.17, 15) is 0 Å². The van der Waals surface area contributed by atoms with Gasteiger partial charge in [0.15, 0.2) is 0 Å². The molecule has 1 fully saturated rings. The molecule has 0 aromatic carbocycles. The second-order valence-electron chi connectivity index (χ2n) is 4.46. The average molecular weight is 234 g/mol. The summed E-state index contributed by atoms with van der Waals surface area (Å²) in [6.45, 7) is 2.33. The minimum Gasteiger partial charge on any atom is -0.762 e. The summed E-state index contributed by atoms with van der Waals surface area (Å²) >= 11 is 5.41. The van der Waals surface area contributed by atoms with E-state index in [1.807, 2.05) is 4.90 Å². The number of piperidine rings is 1. The van der Waals surface area contributed by atoms with Gasteiger partial charge in [-0.05, 0) is 6.08 Å². The van der Waals surface area contributed by atoms with Crippen LogP contribution in [0.5, 0.6) is 0 Å². The van der Waals surface area contributed by atoms with Gasteiger partial charge in [-0.15, -0.1) is 5.03 Å². The van der Waals surface area contributed by atoms with Gasteiger partial charge in [-0.25, -0.2) is 9.98 Å². The third kappa shape index (κ3) is 1.56. The lowest BCUT2D eigenvalue weighted by molar-refractivity contribution is -0.666. The first-order valence-corrected chi connectivity index (χ1v) is 5.99. The molecular formula is C11H14N4S. The number of quaternary nitrogens is 1. The van der Waals surface area contributed by atoms with E-state index < -0.39 is 0 Å². The highest BCUT2D eigenvalue weighted by atomic mass is 32.1. The zero-order chi connectivity index (χ0) is 11.0. The standard InChI is InChI=1S/C11H14N4S/c16-10-6-11(1-3-12-4-2-11)5-9-14-7-13-8-15(9)10/h5-8,12,16H,1-4H2. The van der Waals surface area contributed by atoms with Gasteiger partial charge in [0.1, 0.15) is 18.5 Å². The number of nitrogens with two attached hydrogens (primary N) is 1. The summed E-state index contributed by atoms with van der Waals surface area (Å²) in [5.74, 6) is 0.935. The van der Waals surface area contributed by atoms with Crippen molar-refractivity contribution in [3.05, 3.63) is 23.0 Å². The van der Waals surface area contributed by atoms with Crippen molar-refractivity contribution < 1.29 is 5.32 Å². The fourth-order valence-corrected chi connectivity index (χ4v) is 2.88. The van der Waals surface area contributed by atoms with Crippen LogP contribution in [0.2, 0.25) is 0 Å². The molecule has 0 radical (unpaired) electrons. The van der Waals surface area contributed by atoms with Crippen LogP contribution in [0.15, 0.2) is 33.0 Å². The molecule has 3 aliphatic rings. The molecule has 0 amide bonds. The number of nitrogens with zero attached hydrogens (tertiary/aromatic N) is 3. The minimum atomic E-state index is 0.139. The molecule has 16 heavy (non-hydrogen) atoms. The Kier molecular flexibility index (Phi) is 2.29. The topological polar surface area (TPSA) is 44.6 Å². The smallest absolute Gasteiger partial charge is 0.135 e. The molecule has 1 saturated heterocycles.